The zero-order chi connectivity index (χ0) is 18.0. The topological polar surface area (TPSA) is 59.3 Å². The van der Waals surface area contributed by atoms with Gasteiger partial charge < -0.3 is 9.67 Å². The summed E-state index contributed by atoms with van der Waals surface area (Å²) in [5.74, 6) is -1.02. The van der Waals surface area contributed by atoms with Gasteiger partial charge in [0.2, 0.25) is 5.78 Å². The van der Waals surface area contributed by atoms with Crippen LogP contribution < -0.4 is 0 Å². The van der Waals surface area contributed by atoms with Crippen molar-refractivity contribution in [2.75, 3.05) is 0 Å². The van der Waals surface area contributed by atoms with Gasteiger partial charge in [-0.15, -0.1) is 0 Å². The summed E-state index contributed by atoms with van der Waals surface area (Å²) in [6.07, 6.45) is -0.101. The second-order valence-corrected chi connectivity index (χ2v) is 6.06. The molecule has 25 heavy (non-hydrogen) atoms. The second-order valence-electron chi connectivity index (χ2n) is 6.06. The first-order chi connectivity index (χ1) is 12.0. The smallest absolute Gasteiger partial charge is 0.309 e. The highest BCUT2D eigenvalue weighted by Crippen LogP contribution is 2.25. The number of benzene rings is 2. The molecule has 0 bridgehead atoms. The molecule has 0 aliphatic rings. The number of nitrogens with zero attached hydrogens (tertiary/aromatic N) is 1. The van der Waals surface area contributed by atoms with Gasteiger partial charge in [0.1, 0.15) is 0 Å². The van der Waals surface area contributed by atoms with Crippen LogP contribution in [0.15, 0.2) is 60.7 Å². The molecular formula is C21H19NO3. The highest BCUT2D eigenvalue weighted by Gasteiger charge is 2.17. The Kier molecular flexibility index (Phi) is 4.52. The Hall–Kier alpha value is -3.14. The highest BCUT2D eigenvalue weighted by molar-refractivity contribution is 6.08. The maximum absolute atomic E-state index is 12.8. The molecule has 3 rings (SSSR count). The first kappa shape index (κ1) is 16.7. The third-order valence-corrected chi connectivity index (χ3v) is 4.36. The van der Waals surface area contributed by atoms with Crippen molar-refractivity contribution in [3.8, 4) is 11.1 Å². The van der Waals surface area contributed by atoms with E-state index in [0.29, 0.717) is 17.0 Å². The van der Waals surface area contributed by atoms with Gasteiger partial charge in [-0.3, -0.25) is 9.59 Å². The Labute approximate surface area is 146 Å². The molecule has 4 nitrogen and oxygen atoms in total. The van der Waals surface area contributed by atoms with Gasteiger partial charge in [-0.05, 0) is 41.8 Å². The number of carbonyl (C=O) groups excluding carboxylic acids is 1. The van der Waals surface area contributed by atoms with Gasteiger partial charge >= 0.3 is 5.97 Å². The highest BCUT2D eigenvalue weighted by atomic mass is 16.4. The minimum absolute atomic E-state index is 0.101. The maximum atomic E-state index is 12.8. The zero-order valence-electron chi connectivity index (χ0n) is 14.2. The van der Waals surface area contributed by atoms with E-state index in [1.54, 1.807) is 23.7 Å². The van der Waals surface area contributed by atoms with E-state index in [-0.39, 0.29) is 12.2 Å². The summed E-state index contributed by atoms with van der Waals surface area (Å²) < 4.78 is 1.65. The summed E-state index contributed by atoms with van der Waals surface area (Å²) in [5.41, 5.74) is 4.92. The summed E-state index contributed by atoms with van der Waals surface area (Å²) in [4.78, 5) is 23.7. The van der Waals surface area contributed by atoms with Crippen molar-refractivity contribution in [1.29, 1.82) is 0 Å². The molecule has 0 unspecified atom stereocenters. The van der Waals surface area contributed by atoms with Crippen molar-refractivity contribution in [2.24, 2.45) is 7.05 Å². The van der Waals surface area contributed by atoms with Crippen LogP contribution in [0, 0.1) is 6.92 Å². The Balaban J connectivity index is 1.92. The standard InChI is InChI=1S/C21H19NO3/c1-14-12-16(8-10-18(14)15-6-4-3-5-7-15)21(25)19-11-9-17(22(19)2)13-20(23)24/h3-12H,13H2,1-2H3,(H,23,24). The monoisotopic (exact) mass is 333 g/mol. The fourth-order valence-corrected chi connectivity index (χ4v) is 3.01. The number of rotatable bonds is 5. The van der Waals surface area contributed by atoms with Crippen LogP contribution in [0.3, 0.4) is 0 Å². The van der Waals surface area contributed by atoms with E-state index in [2.05, 4.69) is 0 Å². The van der Waals surface area contributed by atoms with Crippen molar-refractivity contribution < 1.29 is 14.7 Å². The van der Waals surface area contributed by atoms with Crippen molar-refractivity contribution >= 4 is 11.8 Å². The molecule has 1 aromatic heterocycles. The van der Waals surface area contributed by atoms with E-state index in [1.165, 1.54) is 0 Å². The molecule has 4 heteroatoms. The summed E-state index contributed by atoms with van der Waals surface area (Å²) >= 11 is 0. The van der Waals surface area contributed by atoms with Crippen LogP contribution in [-0.4, -0.2) is 21.4 Å². The molecule has 1 N–H and O–H groups in total. The first-order valence-corrected chi connectivity index (χ1v) is 8.04. The SMILES string of the molecule is Cc1cc(C(=O)c2ccc(CC(=O)O)n2C)ccc1-c1ccccc1. The van der Waals surface area contributed by atoms with Gasteiger partial charge in [0.25, 0.3) is 0 Å². The van der Waals surface area contributed by atoms with Gasteiger partial charge in [-0.2, -0.15) is 0 Å². The molecule has 3 aromatic rings. The summed E-state index contributed by atoms with van der Waals surface area (Å²) in [6, 6.07) is 19.1. The maximum Gasteiger partial charge on any atom is 0.309 e. The molecule has 0 aliphatic heterocycles. The van der Waals surface area contributed by atoms with Gasteiger partial charge in [0.15, 0.2) is 0 Å². The van der Waals surface area contributed by atoms with Gasteiger partial charge in [0.05, 0.1) is 12.1 Å². The van der Waals surface area contributed by atoms with Crippen molar-refractivity contribution in [3.05, 3.63) is 83.2 Å². The average molecular weight is 333 g/mol. The van der Waals surface area contributed by atoms with Crippen LogP contribution >= 0.6 is 0 Å². The van der Waals surface area contributed by atoms with Crippen LogP contribution in [0.5, 0.6) is 0 Å². The van der Waals surface area contributed by atoms with Crippen molar-refractivity contribution in [2.45, 2.75) is 13.3 Å². The lowest BCUT2D eigenvalue weighted by Crippen LogP contribution is -2.11. The van der Waals surface area contributed by atoms with Gasteiger partial charge in [-0.25, -0.2) is 0 Å². The summed E-state index contributed by atoms with van der Waals surface area (Å²) in [5, 5.41) is 8.93. The molecule has 0 saturated heterocycles. The lowest BCUT2D eigenvalue weighted by atomic mass is 9.96. The van der Waals surface area contributed by atoms with Crippen LogP contribution in [0.1, 0.15) is 27.3 Å². The van der Waals surface area contributed by atoms with Crippen LogP contribution in [0.2, 0.25) is 0 Å². The minimum Gasteiger partial charge on any atom is -0.481 e. The second kappa shape index (κ2) is 6.77. The average Bonchev–Trinajstić information content (AvgIpc) is 2.95. The van der Waals surface area contributed by atoms with Crippen molar-refractivity contribution in [3.63, 3.8) is 0 Å². The number of carbonyl (C=O) groups is 2. The predicted octanol–water partition coefficient (Wildman–Crippen LogP) is 3.86. The molecule has 0 amide bonds. The molecule has 0 saturated carbocycles. The number of aryl methyl sites for hydroxylation is 1. The molecule has 0 aliphatic carbocycles. The molecule has 0 spiro atoms. The molecule has 2 aromatic carbocycles. The fourth-order valence-electron chi connectivity index (χ4n) is 3.01. The predicted molar refractivity (Wildman–Crippen MR) is 96.8 cm³/mol. The lowest BCUT2D eigenvalue weighted by molar-refractivity contribution is -0.136. The van der Waals surface area contributed by atoms with E-state index in [0.717, 1.165) is 16.7 Å². The molecule has 126 valence electrons. The van der Waals surface area contributed by atoms with Crippen LogP contribution in [0.4, 0.5) is 0 Å². The number of carboxylic acid groups (broad SMARTS) is 1. The molecule has 0 atom stereocenters. The van der Waals surface area contributed by atoms with E-state index in [9.17, 15) is 9.59 Å². The Morgan fingerprint density at radius 1 is 1.00 bits per heavy atom. The fraction of sp³-hybridized carbons (Fsp3) is 0.143. The number of aromatic nitrogens is 1. The molecule has 0 radical (unpaired) electrons. The summed E-state index contributed by atoms with van der Waals surface area (Å²) in [6.45, 7) is 1.99. The third-order valence-electron chi connectivity index (χ3n) is 4.36. The third kappa shape index (κ3) is 3.38. The normalized spacial score (nSPS) is 10.6. The first-order valence-electron chi connectivity index (χ1n) is 8.04. The number of hydrogen-bond acceptors (Lipinski definition) is 2. The molecule has 0 fully saturated rings. The van der Waals surface area contributed by atoms with Gasteiger partial charge in [-0.1, -0.05) is 42.5 Å². The molecular weight excluding hydrogens is 314 g/mol. The summed E-state index contributed by atoms with van der Waals surface area (Å²) in [7, 11) is 1.72. The van der Waals surface area contributed by atoms with Crippen molar-refractivity contribution in [1.82, 2.24) is 4.57 Å². The Bertz CT molecular complexity index is 939. The van der Waals surface area contributed by atoms with E-state index in [4.69, 9.17) is 5.11 Å². The molecule has 1 heterocycles. The van der Waals surface area contributed by atoms with Gasteiger partial charge in [0, 0.05) is 18.3 Å². The number of carboxylic acids is 1. The van der Waals surface area contributed by atoms with E-state index in [1.807, 2.05) is 55.5 Å². The van der Waals surface area contributed by atoms with Crippen LogP contribution in [-0.2, 0) is 18.3 Å². The lowest BCUT2D eigenvalue weighted by Gasteiger charge is -2.10. The quantitative estimate of drug-likeness (QED) is 0.721. The Morgan fingerprint density at radius 3 is 2.36 bits per heavy atom. The Morgan fingerprint density at radius 2 is 1.72 bits per heavy atom. The number of ketones is 1. The van der Waals surface area contributed by atoms with E-state index < -0.39 is 5.97 Å². The zero-order valence-corrected chi connectivity index (χ0v) is 14.2. The van der Waals surface area contributed by atoms with Crippen LogP contribution in [0.25, 0.3) is 11.1 Å². The number of hydrogen-bond donors (Lipinski definition) is 1. The minimum atomic E-state index is -0.914. The number of aliphatic carboxylic acids is 1. The largest absolute Gasteiger partial charge is 0.481 e. The van der Waals surface area contributed by atoms with E-state index >= 15 is 0 Å².